The van der Waals surface area contributed by atoms with E-state index in [2.05, 4.69) is 17.1 Å². The Morgan fingerprint density at radius 2 is 2.04 bits per heavy atom. The van der Waals surface area contributed by atoms with Crippen molar-refractivity contribution in [1.82, 2.24) is 4.57 Å². The second-order valence-corrected chi connectivity index (χ2v) is 8.40. The Hall–Kier alpha value is -1.95. The number of aromatic hydroxyl groups is 1. The number of ether oxygens (including phenoxy) is 1. The van der Waals surface area contributed by atoms with Gasteiger partial charge in [0, 0.05) is 24.3 Å². The molecule has 1 aliphatic carbocycles. The van der Waals surface area contributed by atoms with Crippen molar-refractivity contribution in [2.75, 3.05) is 19.8 Å². The van der Waals surface area contributed by atoms with Gasteiger partial charge in [0.1, 0.15) is 0 Å². The van der Waals surface area contributed by atoms with Crippen LogP contribution < -0.4 is 0 Å². The third-order valence-corrected chi connectivity index (χ3v) is 5.98. The Morgan fingerprint density at radius 3 is 2.68 bits per heavy atom. The van der Waals surface area contributed by atoms with Crippen LogP contribution in [0.4, 0.5) is 8.78 Å². The normalized spacial score (nSPS) is 20.7. The molecule has 152 valence electrons. The highest BCUT2D eigenvalue weighted by atomic mass is 19.3. The summed E-state index contributed by atoms with van der Waals surface area (Å²) in [7, 11) is 0. The predicted octanol–water partition coefficient (Wildman–Crippen LogP) is 5.12. The van der Waals surface area contributed by atoms with Crippen LogP contribution in [0.25, 0.3) is 10.9 Å². The third kappa shape index (κ3) is 3.66. The largest absolute Gasteiger partial charge is 0.494 e. The van der Waals surface area contributed by atoms with Crippen LogP contribution in [0.15, 0.2) is 23.2 Å². The summed E-state index contributed by atoms with van der Waals surface area (Å²) in [6.07, 6.45) is 1.91. The van der Waals surface area contributed by atoms with Crippen LogP contribution in [-0.2, 0) is 11.2 Å². The van der Waals surface area contributed by atoms with Gasteiger partial charge in [0.2, 0.25) is 11.8 Å². The molecule has 1 saturated carbocycles. The Morgan fingerprint density at radius 1 is 1.29 bits per heavy atom. The van der Waals surface area contributed by atoms with Crippen LogP contribution >= 0.6 is 0 Å². The van der Waals surface area contributed by atoms with E-state index in [9.17, 15) is 13.9 Å². The molecule has 0 bridgehead atoms. The van der Waals surface area contributed by atoms with Crippen molar-refractivity contribution in [3.05, 3.63) is 29.3 Å². The van der Waals surface area contributed by atoms with E-state index < -0.39 is 5.92 Å². The topological polar surface area (TPSA) is 46.8 Å². The fourth-order valence-corrected chi connectivity index (χ4v) is 4.53. The van der Waals surface area contributed by atoms with E-state index in [1.807, 2.05) is 24.5 Å². The number of nitrogens with zero attached hydrogens (tertiary/aromatic N) is 2. The Bertz CT molecular complexity index is 892. The van der Waals surface area contributed by atoms with Crippen molar-refractivity contribution >= 4 is 16.6 Å². The zero-order valence-electron chi connectivity index (χ0n) is 16.5. The van der Waals surface area contributed by atoms with E-state index in [1.165, 1.54) is 0 Å². The molecule has 1 aromatic heterocycles. The monoisotopic (exact) mass is 390 g/mol. The lowest BCUT2D eigenvalue weighted by molar-refractivity contribution is -0.0456. The fourth-order valence-electron chi connectivity index (χ4n) is 4.53. The average molecular weight is 390 g/mol. The van der Waals surface area contributed by atoms with Gasteiger partial charge in [0.25, 0.3) is 0 Å². The molecule has 4 rings (SSSR count). The van der Waals surface area contributed by atoms with Crippen molar-refractivity contribution < 1.29 is 18.6 Å². The maximum absolute atomic E-state index is 13.5. The first-order valence-corrected chi connectivity index (χ1v) is 10.2. The molecule has 28 heavy (non-hydrogen) atoms. The number of benzene rings is 1. The molecule has 0 saturated heterocycles. The van der Waals surface area contributed by atoms with Gasteiger partial charge in [-0.1, -0.05) is 6.07 Å². The second kappa shape index (κ2) is 7.47. The van der Waals surface area contributed by atoms with Crippen molar-refractivity contribution in [3.63, 3.8) is 0 Å². The molecule has 0 unspecified atom stereocenters. The first kappa shape index (κ1) is 19.4. The average Bonchev–Trinajstić information content (AvgIpc) is 2.95. The van der Waals surface area contributed by atoms with Crippen molar-refractivity contribution in [1.29, 1.82) is 0 Å². The summed E-state index contributed by atoms with van der Waals surface area (Å²) >= 11 is 0. The number of aliphatic imine (C=N–C) groups is 1. The Kier molecular flexibility index (Phi) is 5.17. The number of halogens is 2. The van der Waals surface area contributed by atoms with E-state index in [-0.39, 0.29) is 30.7 Å². The molecule has 0 amide bonds. The molecule has 1 aromatic carbocycles. The molecule has 0 spiro atoms. The summed E-state index contributed by atoms with van der Waals surface area (Å²) in [6.45, 7) is 5.67. The molecule has 2 aliphatic rings. The zero-order valence-corrected chi connectivity index (χ0v) is 16.5. The van der Waals surface area contributed by atoms with Gasteiger partial charge in [-0.25, -0.2) is 8.78 Å². The highest BCUT2D eigenvalue weighted by Crippen LogP contribution is 2.39. The number of fused-ring (bicyclic) bond motifs is 1. The van der Waals surface area contributed by atoms with Crippen LogP contribution in [0.1, 0.15) is 56.7 Å². The highest BCUT2D eigenvalue weighted by molar-refractivity contribution is 6.14. The van der Waals surface area contributed by atoms with E-state index >= 15 is 0 Å². The molecule has 0 radical (unpaired) electrons. The summed E-state index contributed by atoms with van der Waals surface area (Å²) in [4.78, 5) is 4.58. The molecule has 4 nitrogen and oxygen atoms in total. The zero-order chi connectivity index (χ0) is 19.9. The Balaban J connectivity index is 1.70. The standard InChI is InChI=1S/C22H28F2N2O2/c1-14(2)26-19-4-3-16(11-15-5-7-22(23,24)8-6-15)12-17(19)20(21(26)27)18-13-28-10-9-25-18/h3-4,12,14-15,27H,5-11,13H2,1-2H3. The quantitative estimate of drug-likeness (QED) is 0.788. The van der Waals surface area contributed by atoms with E-state index in [1.54, 1.807) is 0 Å². The van der Waals surface area contributed by atoms with E-state index in [0.717, 1.165) is 34.2 Å². The summed E-state index contributed by atoms with van der Waals surface area (Å²) < 4.78 is 34.4. The molecule has 1 fully saturated rings. The molecular weight excluding hydrogens is 362 g/mol. The smallest absolute Gasteiger partial charge is 0.248 e. The fraction of sp³-hybridized carbons (Fsp3) is 0.591. The van der Waals surface area contributed by atoms with Gasteiger partial charge in [-0.15, -0.1) is 0 Å². The lowest BCUT2D eigenvalue weighted by Gasteiger charge is -2.28. The molecule has 1 aliphatic heterocycles. The summed E-state index contributed by atoms with van der Waals surface area (Å²) in [5.41, 5.74) is 3.62. The molecule has 2 heterocycles. The SMILES string of the molecule is CC(C)n1c(O)c(C2=NCCOC2)c2cc(CC3CCC(F)(F)CC3)ccc21. The summed E-state index contributed by atoms with van der Waals surface area (Å²) in [5.74, 6) is -1.98. The number of alkyl halides is 2. The minimum absolute atomic E-state index is 0.0101. The lowest BCUT2D eigenvalue weighted by Crippen LogP contribution is -2.25. The number of rotatable bonds is 4. The molecule has 6 heteroatoms. The minimum Gasteiger partial charge on any atom is -0.494 e. The van der Waals surface area contributed by atoms with Crippen LogP contribution in [0.2, 0.25) is 0 Å². The molecule has 2 aromatic rings. The van der Waals surface area contributed by atoms with Crippen LogP contribution in [0.3, 0.4) is 0 Å². The van der Waals surface area contributed by atoms with Gasteiger partial charge in [-0.05, 0) is 56.7 Å². The highest BCUT2D eigenvalue weighted by Gasteiger charge is 2.35. The Labute approximate surface area is 164 Å². The van der Waals surface area contributed by atoms with E-state index in [0.29, 0.717) is 32.6 Å². The summed E-state index contributed by atoms with van der Waals surface area (Å²) in [5, 5.41) is 11.9. The molecular formula is C22H28F2N2O2. The van der Waals surface area contributed by atoms with Crippen molar-refractivity contribution in [3.8, 4) is 5.88 Å². The van der Waals surface area contributed by atoms with Gasteiger partial charge >= 0.3 is 0 Å². The van der Waals surface area contributed by atoms with Crippen LogP contribution in [-0.4, -0.2) is 41.1 Å². The van der Waals surface area contributed by atoms with Gasteiger partial charge in [-0.2, -0.15) is 0 Å². The maximum Gasteiger partial charge on any atom is 0.248 e. The summed E-state index contributed by atoms with van der Waals surface area (Å²) in [6, 6.07) is 6.31. The molecule has 1 N–H and O–H groups in total. The van der Waals surface area contributed by atoms with Crippen molar-refractivity contribution in [2.45, 2.75) is 57.9 Å². The maximum atomic E-state index is 13.5. The van der Waals surface area contributed by atoms with Crippen molar-refractivity contribution in [2.24, 2.45) is 10.9 Å². The number of aromatic nitrogens is 1. The van der Waals surface area contributed by atoms with E-state index in [4.69, 9.17) is 4.74 Å². The van der Waals surface area contributed by atoms with Crippen LogP contribution in [0.5, 0.6) is 5.88 Å². The number of hydrogen-bond acceptors (Lipinski definition) is 3. The predicted molar refractivity (Wildman–Crippen MR) is 107 cm³/mol. The second-order valence-electron chi connectivity index (χ2n) is 8.40. The minimum atomic E-state index is -2.49. The third-order valence-electron chi connectivity index (χ3n) is 5.98. The molecule has 0 atom stereocenters. The number of hydrogen-bond donors (Lipinski definition) is 1. The first-order valence-electron chi connectivity index (χ1n) is 10.2. The lowest BCUT2D eigenvalue weighted by atomic mass is 9.83. The van der Waals surface area contributed by atoms with Crippen LogP contribution in [0, 0.1) is 5.92 Å². The van der Waals surface area contributed by atoms with Gasteiger partial charge in [-0.3, -0.25) is 4.99 Å². The van der Waals surface area contributed by atoms with Gasteiger partial charge < -0.3 is 14.4 Å². The van der Waals surface area contributed by atoms with Gasteiger partial charge in [0.15, 0.2) is 0 Å². The van der Waals surface area contributed by atoms with Gasteiger partial charge in [0.05, 0.1) is 36.6 Å². The first-order chi connectivity index (χ1) is 13.4.